The van der Waals surface area contributed by atoms with Crippen molar-refractivity contribution < 1.29 is 8.78 Å². The molecule has 10 rings (SSSR count). The molecule has 0 N–H and O–H groups in total. The van der Waals surface area contributed by atoms with Gasteiger partial charge in [0.1, 0.15) is 11.6 Å². The molecule has 52 heavy (non-hydrogen) atoms. The van der Waals surface area contributed by atoms with E-state index in [1.165, 1.54) is 12.1 Å². The Morgan fingerprint density at radius 2 is 0.788 bits per heavy atom. The van der Waals surface area contributed by atoms with E-state index < -0.39 is 11.6 Å². The number of hydrogen-bond acceptors (Lipinski definition) is 2. The van der Waals surface area contributed by atoms with Crippen LogP contribution in [0.4, 0.5) is 8.78 Å². The largest absolute Gasteiger partial charge is 0.309 e. The number of aromatic nitrogens is 4. The number of rotatable bonds is 5. The van der Waals surface area contributed by atoms with Gasteiger partial charge in [0.2, 0.25) is 5.95 Å². The predicted molar refractivity (Wildman–Crippen MR) is 207 cm³/mol. The highest BCUT2D eigenvalue weighted by molar-refractivity contribution is 6.12. The van der Waals surface area contributed by atoms with Crippen LogP contribution in [0.25, 0.3) is 88.9 Å². The van der Waals surface area contributed by atoms with E-state index in [2.05, 4.69) is 83.4 Å². The first-order chi connectivity index (χ1) is 25.6. The minimum absolute atomic E-state index is 0.432. The molecule has 6 heteroatoms. The quantitative estimate of drug-likeness (QED) is 0.182. The molecular weight excluding hydrogens is 647 g/mol. The van der Waals surface area contributed by atoms with E-state index in [1.807, 2.05) is 77.4 Å². The van der Waals surface area contributed by atoms with Crippen LogP contribution in [0, 0.1) is 11.6 Å². The smallest absolute Gasteiger partial charge is 0.235 e. The van der Waals surface area contributed by atoms with Gasteiger partial charge in [-0.25, -0.2) is 18.7 Å². The normalized spacial score (nSPS) is 11.7. The second-order valence-corrected chi connectivity index (χ2v) is 13.0. The lowest BCUT2D eigenvalue weighted by molar-refractivity contribution is 0.582. The third-order valence-electron chi connectivity index (χ3n) is 9.84. The van der Waals surface area contributed by atoms with Crippen molar-refractivity contribution in [1.29, 1.82) is 0 Å². The average molecular weight is 675 g/mol. The highest BCUT2D eigenvalue weighted by Gasteiger charge is 2.19. The summed E-state index contributed by atoms with van der Waals surface area (Å²) < 4.78 is 33.2. The lowest BCUT2D eigenvalue weighted by Crippen LogP contribution is -2.04. The molecule has 0 aliphatic heterocycles. The summed E-state index contributed by atoms with van der Waals surface area (Å²) >= 11 is 0. The van der Waals surface area contributed by atoms with Crippen LogP contribution in [-0.2, 0) is 0 Å². The van der Waals surface area contributed by atoms with E-state index in [0.29, 0.717) is 11.6 Å². The van der Waals surface area contributed by atoms with E-state index in [0.717, 1.165) is 83.3 Å². The predicted octanol–water partition coefficient (Wildman–Crippen LogP) is 11.9. The van der Waals surface area contributed by atoms with Crippen LogP contribution in [0.15, 0.2) is 170 Å². The number of nitrogens with zero attached hydrogens (tertiary/aromatic N) is 4. The SMILES string of the molecule is Fc1cc(F)cc(-n2c3ccccc3c3ccc(-c4ccc5c6ccccc6n(-c6nc(-c7ccccc7)cc(-c7ccccc7)n6)c5c4)cc32)c1. The molecule has 0 fully saturated rings. The Morgan fingerprint density at radius 1 is 0.346 bits per heavy atom. The molecule has 0 atom stereocenters. The molecule has 0 amide bonds. The number of fused-ring (bicyclic) bond motifs is 6. The summed E-state index contributed by atoms with van der Waals surface area (Å²) in [6, 6.07) is 55.1. The molecule has 0 aliphatic rings. The zero-order valence-corrected chi connectivity index (χ0v) is 27.7. The van der Waals surface area contributed by atoms with Crippen LogP contribution >= 0.6 is 0 Å². The van der Waals surface area contributed by atoms with E-state index in [1.54, 1.807) is 0 Å². The number of benzene rings is 7. The van der Waals surface area contributed by atoms with Gasteiger partial charge in [0, 0.05) is 38.7 Å². The topological polar surface area (TPSA) is 35.6 Å². The van der Waals surface area contributed by atoms with Crippen LogP contribution in [0.5, 0.6) is 0 Å². The molecule has 3 heterocycles. The summed E-state index contributed by atoms with van der Waals surface area (Å²) in [5, 5.41) is 4.19. The van der Waals surface area contributed by atoms with Gasteiger partial charge >= 0.3 is 0 Å². The number of halogens is 2. The first-order valence-corrected chi connectivity index (χ1v) is 17.1. The maximum Gasteiger partial charge on any atom is 0.235 e. The highest BCUT2D eigenvalue weighted by Crippen LogP contribution is 2.38. The van der Waals surface area contributed by atoms with Gasteiger partial charge in [-0.1, -0.05) is 121 Å². The van der Waals surface area contributed by atoms with Crippen LogP contribution in [0.3, 0.4) is 0 Å². The standard InChI is InChI=1S/C46H28F2N4/c47-33-25-34(48)27-35(26-33)51-42-17-9-7-15-36(42)38-21-19-31(23-44(38)51)32-20-22-39-37-16-8-10-18-43(37)52(45(39)24-32)46-49-40(29-11-3-1-4-12-29)28-41(50-46)30-13-5-2-6-14-30/h1-28H. The van der Waals surface area contributed by atoms with Crippen molar-refractivity contribution in [2.24, 2.45) is 0 Å². The molecule has 7 aromatic carbocycles. The summed E-state index contributed by atoms with van der Waals surface area (Å²) in [5.41, 5.74) is 9.77. The Hall–Kier alpha value is -6.92. The summed E-state index contributed by atoms with van der Waals surface area (Å²) in [5.74, 6) is -0.666. The average Bonchev–Trinajstić information content (AvgIpc) is 3.70. The Labute approximate surface area is 297 Å². The van der Waals surface area contributed by atoms with Gasteiger partial charge in [-0.3, -0.25) is 4.57 Å². The lowest BCUT2D eigenvalue weighted by atomic mass is 10.0. The zero-order valence-electron chi connectivity index (χ0n) is 27.7. The molecule has 0 spiro atoms. The van der Waals surface area contributed by atoms with E-state index in [4.69, 9.17) is 9.97 Å². The maximum atomic E-state index is 14.6. The van der Waals surface area contributed by atoms with Gasteiger partial charge in [0.05, 0.1) is 39.1 Å². The van der Waals surface area contributed by atoms with Crippen molar-refractivity contribution in [1.82, 2.24) is 19.1 Å². The van der Waals surface area contributed by atoms with Crippen molar-refractivity contribution in [3.05, 3.63) is 181 Å². The molecule has 3 aromatic heterocycles. The van der Waals surface area contributed by atoms with E-state index in [-0.39, 0.29) is 0 Å². The van der Waals surface area contributed by atoms with Gasteiger partial charge in [-0.15, -0.1) is 0 Å². The second kappa shape index (κ2) is 11.9. The van der Waals surface area contributed by atoms with Gasteiger partial charge < -0.3 is 4.57 Å². The molecule has 0 saturated heterocycles. The van der Waals surface area contributed by atoms with Gasteiger partial charge in [-0.05, 0) is 53.6 Å². The van der Waals surface area contributed by atoms with Crippen LogP contribution < -0.4 is 0 Å². The summed E-state index contributed by atoms with van der Waals surface area (Å²) in [6.07, 6.45) is 0. The molecular formula is C46H28F2N4. The van der Waals surface area contributed by atoms with Gasteiger partial charge in [-0.2, -0.15) is 0 Å². The van der Waals surface area contributed by atoms with Gasteiger partial charge in [0.25, 0.3) is 0 Å². The lowest BCUT2D eigenvalue weighted by Gasteiger charge is -2.12. The van der Waals surface area contributed by atoms with Crippen LogP contribution in [0.2, 0.25) is 0 Å². The Balaban J connectivity index is 1.22. The van der Waals surface area contributed by atoms with E-state index >= 15 is 0 Å². The number of para-hydroxylation sites is 2. The monoisotopic (exact) mass is 674 g/mol. The van der Waals surface area contributed by atoms with Crippen molar-refractivity contribution >= 4 is 43.6 Å². The highest BCUT2D eigenvalue weighted by atomic mass is 19.1. The molecule has 0 aliphatic carbocycles. The Morgan fingerprint density at radius 3 is 1.33 bits per heavy atom. The van der Waals surface area contributed by atoms with Crippen molar-refractivity contribution in [2.75, 3.05) is 0 Å². The molecule has 0 unspecified atom stereocenters. The minimum Gasteiger partial charge on any atom is -0.309 e. The summed E-state index contributed by atoms with van der Waals surface area (Å²) in [7, 11) is 0. The second-order valence-electron chi connectivity index (χ2n) is 13.0. The molecule has 4 nitrogen and oxygen atoms in total. The fraction of sp³-hybridized carbons (Fsp3) is 0. The minimum atomic E-state index is -0.621. The molecule has 0 saturated carbocycles. The van der Waals surface area contributed by atoms with Crippen molar-refractivity contribution in [2.45, 2.75) is 0 Å². The fourth-order valence-corrected chi connectivity index (χ4v) is 7.51. The summed E-state index contributed by atoms with van der Waals surface area (Å²) in [4.78, 5) is 10.4. The fourth-order valence-electron chi connectivity index (χ4n) is 7.51. The van der Waals surface area contributed by atoms with E-state index in [9.17, 15) is 8.78 Å². The molecule has 246 valence electrons. The van der Waals surface area contributed by atoms with Crippen LogP contribution in [0.1, 0.15) is 0 Å². The first kappa shape index (κ1) is 29.9. The summed E-state index contributed by atoms with van der Waals surface area (Å²) in [6.45, 7) is 0. The first-order valence-electron chi connectivity index (χ1n) is 17.1. The third-order valence-corrected chi connectivity index (χ3v) is 9.84. The molecule has 10 aromatic rings. The number of hydrogen-bond donors (Lipinski definition) is 0. The van der Waals surface area contributed by atoms with Crippen molar-refractivity contribution in [3.63, 3.8) is 0 Å². The maximum absolute atomic E-state index is 14.6. The third kappa shape index (κ3) is 4.88. The van der Waals surface area contributed by atoms with Gasteiger partial charge in [0.15, 0.2) is 0 Å². The Kier molecular flexibility index (Phi) is 6.83. The zero-order chi connectivity index (χ0) is 34.8. The Bertz CT molecular complexity index is 2900. The molecule has 0 radical (unpaired) electrons. The molecule has 0 bridgehead atoms. The van der Waals surface area contributed by atoms with Crippen molar-refractivity contribution in [3.8, 4) is 45.3 Å². The van der Waals surface area contributed by atoms with Crippen LogP contribution in [-0.4, -0.2) is 19.1 Å².